The fourth-order valence-corrected chi connectivity index (χ4v) is 4.72. The van der Waals surface area contributed by atoms with Crippen LogP contribution in [0.3, 0.4) is 0 Å². The number of anilines is 1. The minimum atomic E-state index is -1.11. The van der Waals surface area contributed by atoms with Crippen molar-refractivity contribution >= 4 is 33.7 Å². The van der Waals surface area contributed by atoms with Gasteiger partial charge in [0.05, 0.1) is 18.6 Å². The Balaban J connectivity index is 1.66. The van der Waals surface area contributed by atoms with Gasteiger partial charge >= 0.3 is 0 Å². The first-order chi connectivity index (χ1) is 13.0. The van der Waals surface area contributed by atoms with Gasteiger partial charge in [-0.25, -0.2) is 4.39 Å². The van der Waals surface area contributed by atoms with E-state index in [0.717, 1.165) is 25.7 Å². The van der Waals surface area contributed by atoms with Crippen molar-refractivity contribution in [3.05, 3.63) is 23.3 Å². The fourth-order valence-electron chi connectivity index (χ4n) is 3.64. The van der Waals surface area contributed by atoms with Crippen LogP contribution in [0, 0.1) is 11.6 Å². The molecule has 2 atom stereocenters. The Kier molecular flexibility index (Phi) is 5.34. The van der Waals surface area contributed by atoms with E-state index in [4.69, 9.17) is 14.0 Å². The maximum Gasteiger partial charge on any atom is 0.207 e. The normalized spacial score (nSPS) is 23.8. The lowest BCUT2D eigenvalue weighted by Crippen LogP contribution is -2.35. The lowest BCUT2D eigenvalue weighted by Gasteiger charge is -2.30. The van der Waals surface area contributed by atoms with E-state index in [1.54, 1.807) is 6.92 Å². The summed E-state index contributed by atoms with van der Waals surface area (Å²) >= 11 is 1.31. The molecule has 4 rings (SSSR count). The van der Waals surface area contributed by atoms with Gasteiger partial charge in [-0.15, -0.1) is 0 Å². The molecule has 9 heteroatoms. The van der Waals surface area contributed by atoms with Crippen molar-refractivity contribution in [1.29, 1.82) is 0 Å². The quantitative estimate of drug-likeness (QED) is 0.829. The first-order valence-electron chi connectivity index (χ1n) is 8.99. The summed E-state index contributed by atoms with van der Waals surface area (Å²) in [4.78, 5) is 11.5. The summed E-state index contributed by atoms with van der Waals surface area (Å²) < 4.78 is 44.5. The van der Waals surface area contributed by atoms with Crippen molar-refractivity contribution in [2.75, 3.05) is 18.5 Å². The van der Waals surface area contributed by atoms with Gasteiger partial charge in [0.15, 0.2) is 23.0 Å². The smallest absolute Gasteiger partial charge is 0.207 e. The van der Waals surface area contributed by atoms with Crippen molar-refractivity contribution in [3.8, 4) is 0 Å². The van der Waals surface area contributed by atoms with Crippen LogP contribution in [0.1, 0.15) is 44.5 Å². The molecule has 27 heavy (non-hydrogen) atoms. The standard InChI is InChI=1S/C18H20F2N2O4S/c1-9(23)27-13-5-3-2-4-12(13)21-17-11-8-10(18-24-6-7-25-18)14(19)15(20)16(11)26-22-17/h8,12-13,18H,2-7H2,1H3,(H,21,22)/t12-,13+/m1/s1. The molecule has 1 saturated heterocycles. The van der Waals surface area contributed by atoms with E-state index in [9.17, 15) is 13.6 Å². The van der Waals surface area contributed by atoms with Crippen molar-refractivity contribution in [1.82, 2.24) is 5.16 Å². The number of hydrogen-bond donors (Lipinski definition) is 1. The maximum atomic E-state index is 14.5. The van der Waals surface area contributed by atoms with Crippen LogP contribution in [0.2, 0.25) is 0 Å². The van der Waals surface area contributed by atoms with Gasteiger partial charge in [0.2, 0.25) is 11.4 Å². The molecule has 0 radical (unpaired) electrons. The molecule has 1 aromatic heterocycles. The van der Waals surface area contributed by atoms with Crippen molar-refractivity contribution in [2.45, 2.75) is 50.2 Å². The molecule has 146 valence electrons. The van der Waals surface area contributed by atoms with Crippen molar-refractivity contribution < 1.29 is 27.6 Å². The molecule has 1 aromatic carbocycles. The Labute approximate surface area is 158 Å². The summed E-state index contributed by atoms with van der Waals surface area (Å²) in [7, 11) is 0. The highest BCUT2D eigenvalue weighted by molar-refractivity contribution is 8.14. The fraction of sp³-hybridized carbons (Fsp3) is 0.556. The SMILES string of the molecule is CC(=O)S[C@H]1CCCC[C@H]1Nc1noc2c(F)c(F)c(C3OCCO3)cc12. The lowest BCUT2D eigenvalue weighted by molar-refractivity contribution is -0.109. The molecule has 2 aromatic rings. The molecule has 0 amide bonds. The highest BCUT2D eigenvalue weighted by atomic mass is 32.2. The number of carbonyl (C=O) groups excluding carboxylic acids is 1. The average Bonchev–Trinajstić information content (AvgIpc) is 3.29. The molecular formula is C18H20F2N2O4S. The zero-order chi connectivity index (χ0) is 19.0. The van der Waals surface area contributed by atoms with Crippen LogP contribution in [0.15, 0.2) is 10.6 Å². The number of halogens is 2. The second kappa shape index (κ2) is 7.73. The van der Waals surface area contributed by atoms with Gasteiger partial charge in [-0.3, -0.25) is 4.79 Å². The van der Waals surface area contributed by atoms with Crippen LogP contribution in [0.25, 0.3) is 11.0 Å². The highest BCUT2D eigenvalue weighted by Gasteiger charge is 2.31. The monoisotopic (exact) mass is 398 g/mol. The third-order valence-corrected chi connectivity index (χ3v) is 6.09. The minimum Gasteiger partial charge on any atom is -0.363 e. The number of hydrogen-bond acceptors (Lipinski definition) is 7. The Morgan fingerprint density at radius 2 is 1.96 bits per heavy atom. The Hall–Kier alpha value is -1.71. The largest absolute Gasteiger partial charge is 0.363 e. The molecule has 1 N–H and O–H groups in total. The Bertz CT molecular complexity index is 853. The second-order valence-electron chi connectivity index (χ2n) is 6.76. The van der Waals surface area contributed by atoms with Crippen LogP contribution in [0.4, 0.5) is 14.6 Å². The number of nitrogens with zero attached hydrogens (tertiary/aromatic N) is 1. The van der Waals surface area contributed by atoms with Crippen LogP contribution >= 0.6 is 11.8 Å². The Morgan fingerprint density at radius 1 is 1.22 bits per heavy atom. The summed E-state index contributed by atoms with van der Waals surface area (Å²) in [5.74, 6) is -1.83. The number of fused-ring (bicyclic) bond motifs is 1. The van der Waals surface area contributed by atoms with Crippen LogP contribution in [0.5, 0.6) is 0 Å². The third-order valence-electron chi connectivity index (χ3n) is 4.89. The van der Waals surface area contributed by atoms with Crippen LogP contribution in [-0.4, -0.2) is 34.8 Å². The average molecular weight is 398 g/mol. The molecule has 0 spiro atoms. The number of carbonyl (C=O) groups is 1. The van der Waals surface area contributed by atoms with E-state index < -0.39 is 17.9 Å². The van der Waals surface area contributed by atoms with Crippen LogP contribution < -0.4 is 5.32 Å². The van der Waals surface area contributed by atoms with Gasteiger partial charge in [0, 0.05) is 23.8 Å². The van der Waals surface area contributed by atoms with E-state index >= 15 is 0 Å². The molecule has 0 unspecified atom stereocenters. The first-order valence-corrected chi connectivity index (χ1v) is 9.87. The first kappa shape index (κ1) is 18.6. The highest BCUT2D eigenvalue weighted by Crippen LogP contribution is 2.37. The summed E-state index contributed by atoms with van der Waals surface area (Å²) in [6.07, 6.45) is 2.92. The summed E-state index contributed by atoms with van der Waals surface area (Å²) in [5, 5.41) is 7.68. The van der Waals surface area contributed by atoms with Gasteiger partial charge in [-0.1, -0.05) is 29.8 Å². The van der Waals surface area contributed by atoms with E-state index in [2.05, 4.69) is 10.5 Å². The van der Waals surface area contributed by atoms with Gasteiger partial charge in [-0.2, -0.15) is 4.39 Å². The number of ether oxygens (including phenoxy) is 2. The summed E-state index contributed by atoms with van der Waals surface area (Å²) in [6, 6.07) is 1.45. The summed E-state index contributed by atoms with van der Waals surface area (Å²) in [6.45, 7) is 2.20. The Morgan fingerprint density at radius 3 is 2.70 bits per heavy atom. The molecule has 1 aliphatic carbocycles. The van der Waals surface area contributed by atoms with E-state index in [1.165, 1.54) is 17.8 Å². The predicted molar refractivity (Wildman–Crippen MR) is 96.5 cm³/mol. The van der Waals surface area contributed by atoms with Gasteiger partial charge in [0.1, 0.15) is 0 Å². The zero-order valence-electron chi connectivity index (χ0n) is 14.8. The maximum absolute atomic E-state index is 14.5. The van der Waals surface area contributed by atoms with Crippen molar-refractivity contribution in [3.63, 3.8) is 0 Å². The summed E-state index contributed by atoms with van der Waals surface area (Å²) in [5.41, 5.74) is -0.259. The lowest BCUT2D eigenvalue weighted by atomic mass is 9.94. The minimum absolute atomic E-state index is 0.00325. The van der Waals surface area contributed by atoms with Crippen LogP contribution in [-0.2, 0) is 14.3 Å². The van der Waals surface area contributed by atoms with E-state index in [1.807, 2.05) is 0 Å². The number of thioether (sulfide) groups is 1. The molecular weight excluding hydrogens is 378 g/mol. The number of nitrogens with one attached hydrogen (secondary N) is 1. The molecule has 2 aliphatic rings. The van der Waals surface area contributed by atoms with E-state index in [-0.39, 0.29) is 27.6 Å². The number of aromatic nitrogens is 1. The predicted octanol–water partition coefficient (Wildman–Crippen LogP) is 4.15. The molecule has 0 bridgehead atoms. The zero-order valence-corrected chi connectivity index (χ0v) is 15.6. The number of benzene rings is 1. The van der Waals surface area contributed by atoms with Crippen molar-refractivity contribution in [2.24, 2.45) is 0 Å². The topological polar surface area (TPSA) is 73.6 Å². The molecule has 2 heterocycles. The van der Waals surface area contributed by atoms with Gasteiger partial charge in [0.25, 0.3) is 0 Å². The third kappa shape index (κ3) is 3.68. The van der Waals surface area contributed by atoms with Gasteiger partial charge in [-0.05, 0) is 18.9 Å². The number of rotatable bonds is 4. The molecule has 2 fully saturated rings. The molecule has 6 nitrogen and oxygen atoms in total. The molecule has 1 saturated carbocycles. The van der Waals surface area contributed by atoms with E-state index in [0.29, 0.717) is 24.4 Å². The molecule has 1 aliphatic heterocycles. The second-order valence-corrected chi connectivity index (χ2v) is 8.17. The van der Waals surface area contributed by atoms with Gasteiger partial charge < -0.3 is 19.3 Å².